The van der Waals surface area contributed by atoms with E-state index in [1.165, 1.54) is 19.3 Å². The van der Waals surface area contributed by atoms with Crippen LogP contribution in [0.2, 0.25) is 0 Å². The van der Waals surface area contributed by atoms with Crippen LogP contribution in [0.3, 0.4) is 0 Å². The molecule has 82 valence electrons. The molecule has 0 bridgehead atoms. The summed E-state index contributed by atoms with van der Waals surface area (Å²) in [5.74, 6) is 1.48. The fraction of sp³-hybridized carbons (Fsp3) is 0.615. The van der Waals surface area contributed by atoms with Gasteiger partial charge in [-0.3, -0.25) is 4.98 Å². The van der Waals surface area contributed by atoms with Crippen molar-refractivity contribution >= 4 is 11.6 Å². The van der Waals surface area contributed by atoms with Crippen LogP contribution in [0.4, 0.5) is 0 Å². The lowest BCUT2D eigenvalue weighted by atomic mass is 9.92. The quantitative estimate of drug-likeness (QED) is 0.713. The molecule has 0 aliphatic heterocycles. The van der Waals surface area contributed by atoms with Crippen molar-refractivity contribution in [2.24, 2.45) is 11.8 Å². The number of alkyl halides is 1. The monoisotopic (exact) mass is 223 g/mol. The summed E-state index contributed by atoms with van der Waals surface area (Å²) in [6, 6.07) is 6.05. The molecule has 0 saturated heterocycles. The van der Waals surface area contributed by atoms with Crippen molar-refractivity contribution in [2.45, 2.75) is 38.0 Å². The van der Waals surface area contributed by atoms with E-state index in [2.05, 4.69) is 18.0 Å². The molecule has 0 radical (unpaired) electrons. The molecular formula is C13H18ClN. The number of hydrogen-bond donors (Lipinski definition) is 0. The molecule has 3 unspecified atom stereocenters. The first-order valence-electron chi connectivity index (χ1n) is 5.81. The fourth-order valence-electron chi connectivity index (χ4n) is 2.58. The van der Waals surface area contributed by atoms with E-state index in [0.717, 1.165) is 18.0 Å². The molecule has 0 N–H and O–H groups in total. The van der Waals surface area contributed by atoms with E-state index in [0.29, 0.717) is 5.92 Å². The lowest BCUT2D eigenvalue weighted by Crippen LogP contribution is -2.20. The summed E-state index contributed by atoms with van der Waals surface area (Å²) in [7, 11) is 0. The van der Waals surface area contributed by atoms with Crippen LogP contribution in [0, 0.1) is 11.8 Å². The lowest BCUT2D eigenvalue weighted by molar-refractivity contribution is 0.397. The first-order chi connectivity index (χ1) is 7.27. The van der Waals surface area contributed by atoms with Gasteiger partial charge in [-0.15, -0.1) is 11.6 Å². The van der Waals surface area contributed by atoms with Gasteiger partial charge in [0.2, 0.25) is 0 Å². The molecule has 3 atom stereocenters. The molecule has 1 saturated carbocycles. The average Bonchev–Trinajstić information content (AvgIpc) is 2.66. The van der Waals surface area contributed by atoms with Gasteiger partial charge in [-0.25, -0.2) is 0 Å². The highest BCUT2D eigenvalue weighted by Gasteiger charge is 2.29. The second kappa shape index (κ2) is 4.98. The second-order valence-corrected chi connectivity index (χ2v) is 5.17. The van der Waals surface area contributed by atoms with Gasteiger partial charge in [0.05, 0.1) is 0 Å². The SMILES string of the molecule is CC1CCCC1C(Cl)Cc1ccccn1. The van der Waals surface area contributed by atoms with Crippen LogP contribution in [0.5, 0.6) is 0 Å². The Hall–Kier alpha value is -0.560. The lowest BCUT2D eigenvalue weighted by Gasteiger charge is -2.20. The van der Waals surface area contributed by atoms with Gasteiger partial charge in [0.25, 0.3) is 0 Å². The third kappa shape index (κ3) is 2.72. The first kappa shape index (κ1) is 10.9. The number of halogens is 1. The van der Waals surface area contributed by atoms with Crippen molar-refractivity contribution < 1.29 is 0 Å². The summed E-state index contributed by atoms with van der Waals surface area (Å²) in [6.45, 7) is 2.32. The summed E-state index contributed by atoms with van der Waals surface area (Å²) >= 11 is 6.48. The molecular weight excluding hydrogens is 206 g/mol. The molecule has 0 aromatic carbocycles. The molecule has 2 heteroatoms. The van der Waals surface area contributed by atoms with Gasteiger partial charge in [-0.2, -0.15) is 0 Å². The maximum absolute atomic E-state index is 6.48. The van der Waals surface area contributed by atoms with Crippen molar-refractivity contribution in [1.29, 1.82) is 0 Å². The van der Waals surface area contributed by atoms with Gasteiger partial charge >= 0.3 is 0 Å². The highest BCUT2D eigenvalue weighted by atomic mass is 35.5. The van der Waals surface area contributed by atoms with Crippen LogP contribution in [0.25, 0.3) is 0 Å². The summed E-state index contributed by atoms with van der Waals surface area (Å²) in [5, 5.41) is 0.261. The van der Waals surface area contributed by atoms with Crippen LogP contribution in [0.15, 0.2) is 24.4 Å². The Balaban J connectivity index is 1.94. The largest absolute Gasteiger partial charge is 0.261 e. The third-order valence-electron chi connectivity index (χ3n) is 3.52. The zero-order chi connectivity index (χ0) is 10.7. The third-order valence-corrected chi connectivity index (χ3v) is 4.00. The molecule has 1 heterocycles. The summed E-state index contributed by atoms with van der Waals surface area (Å²) in [6.07, 6.45) is 6.74. The maximum atomic E-state index is 6.48. The highest BCUT2D eigenvalue weighted by Crippen LogP contribution is 2.36. The normalized spacial score (nSPS) is 27.9. The van der Waals surface area contributed by atoms with Crippen molar-refractivity contribution in [3.05, 3.63) is 30.1 Å². The number of pyridine rings is 1. The van der Waals surface area contributed by atoms with Crippen LogP contribution in [-0.4, -0.2) is 10.4 Å². The molecule has 2 rings (SSSR count). The van der Waals surface area contributed by atoms with E-state index in [-0.39, 0.29) is 5.38 Å². The first-order valence-corrected chi connectivity index (χ1v) is 6.25. The van der Waals surface area contributed by atoms with E-state index in [4.69, 9.17) is 11.6 Å². The van der Waals surface area contributed by atoms with E-state index >= 15 is 0 Å². The van der Waals surface area contributed by atoms with E-state index in [1.54, 1.807) is 0 Å². The Bertz CT molecular complexity index is 299. The zero-order valence-corrected chi connectivity index (χ0v) is 9.95. The van der Waals surface area contributed by atoms with Crippen LogP contribution in [0.1, 0.15) is 31.9 Å². The zero-order valence-electron chi connectivity index (χ0n) is 9.20. The van der Waals surface area contributed by atoms with Gasteiger partial charge < -0.3 is 0 Å². The Labute approximate surface area is 96.9 Å². The topological polar surface area (TPSA) is 12.9 Å². The van der Waals surface area contributed by atoms with Crippen molar-refractivity contribution in [2.75, 3.05) is 0 Å². The minimum Gasteiger partial charge on any atom is -0.261 e. The van der Waals surface area contributed by atoms with Crippen molar-refractivity contribution in [3.63, 3.8) is 0 Å². The summed E-state index contributed by atoms with van der Waals surface area (Å²) in [4.78, 5) is 4.33. The average molecular weight is 224 g/mol. The van der Waals surface area contributed by atoms with E-state index in [9.17, 15) is 0 Å². The van der Waals surface area contributed by atoms with Gasteiger partial charge in [-0.1, -0.05) is 25.8 Å². The minimum absolute atomic E-state index is 0.261. The number of rotatable bonds is 3. The van der Waals surface area contributed by atoms with E-state index < -0.39 is 0 Å². The van der Waals surface area contributed by atoms with Crippen LogP contribution < -0.4 is 0 Å². The molecule has 0 spiro atoms. The number of aromatic nitrogens is 1. The smallest absolute Gasteiger partial charge is 0.0422 e. The highest BCUT2D eigenvalue weighted by molar-refractivity contribution is 6.20. The Morgan fingerprint density at radius 3 is 2.93 bits per heavy atom. The Kier molecular flexibility index (Phi) is 3.63. The molecule has 1 aromatic rings. The molecule has 15 heavy (non-hydrogen) atoms. The van der Waals surface area contributed by atoms with Gasteiger partial charge in [0.1, 0.15) is 0 Å². The molecule has 1 aliphatic rings. The van der Waals surface area contributed by atoms with Gasteiger partial charge in [-0.05, 0) is 30.4 Å². The van der Waals surface area contributed by atoms with E-state index in [1.807, 2.05) is 18.3 Å². The number of nitrogens with zero attached hydrogens (tertiary/aromatic N) is 1. The molecule has 1 aromatic heterocycles. The Morgan fingerprint density at radius 1 is 1.47 bits per heavy atom. The Morgan fingerprint density at radius 2 is 2.33 bits per heavy atom. The van der Waals surface area contributed by atoms with Gasteiger partial charge in [0.15, 0.2) is 0 Å². The fourth-order valence-corrected chi connectivity index (χ4v) is 3.11. The molecule has 1 fully saturated rings. The summed E-state index contributed by atoms with van der Waals surface area (Å²) in [5.41, 5.74) is 1.12. The summed E-state index contributed by atoms with van der Waals surface area (Å²) < 4.78 is 0. The van der Waals surface area contributed by atoms with Crippen LogP contribution >= 0.6 is 11.6 Å². The van der Waals surface area contributed by atoms with Crippen LogP contribution in [-0.2, 0) is 6.42 Å². The predicted molar refractivity (Wildman–Crippen MR) is 64.1 cm³/mol. The van der Waals surface area contributed by atoms with Crippen molar-refractivity contribution in [1.82, 2.24) is 4.98 Å². The second-order valence-electron chi connectivity index (χ2n) is 4.61. The maximum Gasteiger partial charge on any atom is 0.0422 e. The molecule has 1 aliphatic carbocycles. The predicted octanol–water partition coefficient (Wildman–Crippen LogP) is 3.67. The number of hydrogen-bond acceptors (Lipinski definition) is 1. The molecule has 1 nitrogen and oxygen atoms in total. The van der Waals surface area contributed by atoms with Gasteiger partial charge in [0, 0.05) is 23.7 Å². The standard InChI is InChI=1S/C13H18ClN/c1-10-5-4-7-12(10)13(14)9-11-6-2-3-8-15-11/h2-3,6,8,10,12-13H,4-5,7,9H2,1H3. The van der Waals surface area contributed by atoms with Crippen molar-refractivity contribution in [3.8, 4) is 0 Å². The molecule has 0 amide bonds. The minimum atomic E-state index is 0.261.